The van der Waals surface area contributed by atoms with Gasteiger partial charge >= 0.3 is 6.03 Å². The highest BCUT2D eigenvalue weighted by Crippen LogP contribution is 2.45. The van der Waals surface area contributed by atoms with Crippen LogP contribution in [0.4, 0.5) is 4.79 Å². The fraction of sp³-hybridized carbons (Fsp3) is 0.609. The minimum Gasteiger partial charge on any atom is -0.358 e. The van der Waals surface area contributed by atoms with Crippen molar-refractivity contribution in [3.05, 3.63) is 33.4 Å². The molecule has 2 amide bonds. The first kappa shape index (κ1) is 20.7. The highest BCUT2D eigenvalue weighted by Gasteiger charge is 2.41. The summed E-state index contributed by atoms with van der Waals surface area (Å²) < 4.78 is 1.13. The number of amides is 2. The van der Waals surface area contributed by atoms with E-state index in [1.54, 1.807) is 0 Å². The van der Waals surface area contributed by atoms with Crippen molar-refractivity contribution in [2.24, 2.45) is 0 Å². The molecule has 1 aliphatic carbocycles. The molecule has 5 nitrogen and oxygen atoms in total. The zero-order valence-electron chi connectivity index (χ0n) is 18.0. The lowest BCUT2D eigenvalue weighted by atomic mass is 9.73. The highest BCUT2D eigenvalue weighted by molar-refractivity contribution is 9.10. The second kappa shape index (κ2) is 8.31. The van der Waals surface area contributed by atoms with E-state index in [-0.39, 0.29) is 12.1 Å². The number of benzene rings is 1. The van der Waals surface area contributed by atoms with E-state index in [2.05, 4.69) is 57.1 Å². The number of hydrogen-bond acceptors (Lipinski definition) is 2. The second-order valence-electron chi connectivity index (χ2n) is 8.57. The van der Waals surface area contributed by atoms with E-state index in [4.69, 9.17) is 0 Å². The zero-order chi connectivity index (χ0) is 20.7. The topological polar surface area (TPSA) is 51.4 Å². The van der Waals surface area contributed by atoms with Gasteiger partial charge in [0.05, 0.1) is 0 Å². The monoisotopic (exact) mass is 460 g/mol. The first-order valence-corrected chi connectivity index (χ1v) is 11.9. The lowest BCUT2D eigenvalue weighted by Gasteiger charge is -2.47. The Kier molecular flexibility index (Phi) is 5.94. The molecular formula is C23H33BrN4O. The average Bonchev–Trinajstić information content (AvgIpc) is 2.99. The summed E-state index contributed by atoms with van der Waals surface area (Å²) >= 11 is 3.73. The summed E-state index contributed by atoms with van der Waals surface area (Å²) in [6, 6.07) is 5.28. The number of nitrogens with zero attached hydrogens (tertiary/aromatic N) is 2. The summed E-state index contributed by atoms with van der Waals surface area (Å²) in [6.45, 7) is 12.0. The van der Waals surface area contributed by atoms with E-state index in [0.717, 1.165) is 49.9 Å². The Bertz CT molecular complexity index is 904. The molecule has 2 aromatic rings. The van der Waals surface area contributed by atoms with Gasteiger partial charge in [-0.2, -0.15) is 0 Å². The maximum Gasteiger partial charge on any atom is 0.317 e. The van der Waals surface area contributed by atoms with Gasteiger partial charge in [0.25, 0.3) is 0 Å². The molecule has 1 aromatic heterocycles. The predicted octanol–water partition coefficient (Wildman–Crippen LogP) is 4.78. The van der Waals surface area contributed by atoms with Crippen LogP contribution in [0.2, 0.25) is 0 Å². The Hall–Kier alpha value is -1.53. The lowest BCUT2D eigenvalue weighted by molar-refractivity contribution is 0.0978. The van der Waals surface area contributed by atoms with Crippen LogP contribution in [0.1, 0.15) is 56.4 Å². The van der Waals surface area contributed by atoms with Gasteiger partial charge in [-0.05, 0) is 69.8 Å². The molecule has 1 saturated heterocycles. The number of H-pyrrole nitrogens is 1. The quantitative estimate of drug-likeness (QED) is 0.673. The molecule has 1 aromatic carbocycles. The van der Waals surface area contributed by atoms with Crippen LogP contribution in [0.5, 0.6) is 0 Å². The first-order chi connectivity index (χ1) is 14.0. The van der Waals surface area contributed by atoms with Crippen LogP contribution in [0.25, 0.3) is 10.9 Å². The fourth-order valence-corrected chi connectivity index (χ4v) is 6.00. The van der Waals surface area contributed by atoms with E-state index in [1.165, 1.54) is 27.7 Å². The molecule has 0 radical (unpaired) electrons. The van der Waals surface area contributed by atoms with Crippen LogP contribution in [0.15, 0.2) is 16.6 Å². The summed E-state index contributed by atoms with van der Waals surface area (Å²) in [4.78, 5) is 20.8. The Morgan fingerprint density at radius 1 is 1.31 bits per heavy atom. The third kappa shape index (κ3) is 3.70. The molecule has 2 aliphatic rings. The minimum absolute atomic E-state index is 0.0725. The molecule has 2 N–H and O–H groups in total. The number of aryl methyl sites for hydroxylation is 1. The number of hydrogen-bond donors (Lipinski definition) is 2. The Morgan fingerprint density at radius 3 is 2.76 bits per heavy atom. The van der Waals surface area contributed by atoms with Crippen LogP contribution >= 0.6 is 15.9 Å². The van der Waals surface area contributed by atoms with E-state index < -0.39 is 0 Å². The Balaban J connectivity index is 1.69. The third-order valence-electron chi connectivity index (χ3n) is 6.84. The number of fused-ring (bicyclic) bond motifs is 2. The maximum absolute atomic E-state index is 12.7. The van der Waals surface area contributed by atoms with Crippen molar-refractivity contribution in [3.63, 3.8) is 0 Å². The number of halogens is 1. The number of aromatic amines is 1. The van der Waals surface area contributed by atoms with Gasteiger partial charge in [0, 0.05) is 58.7 Å². The van der Waals surface area contributed by atoms with Gasteiger partial charge in [-0.1, -0.05) is 22.9 Å². The van der Waals surface area contributed by atoms with Gasteiger partial charge in [-0.3, -0.25) is 4.90 Å². The van der Waals surface area contributed by atoms with Crippen molar-refractivity contribution >= 4 is 32.9 Å². The number of carbonyl (C=O) groups excluding carboxylic acids is 1. The third-order valence-corrected chi connectivity index (χ3v) is 7.30. The molecule has 0 saturated carbocycles. The fourth-order valence-electron chi connectivity index (χ4n) is 5.53. The second-order valence-corrected chi connectivity index (χ2v) is 9.49. The minimum atomic E-state index is 0.0725. The SMILES string of the molecule is CCCN1C[C@@H](NC(=O)N(CC)CC)C[C@@H]2c3cc(Br)cc4[nH]c(C)c(c34)CC21. The highest BCUT2D eigenvalue weighted by atomic mass is 79.9. The van der Waals surface area contributed by atoms with Crippen molar-refractivity contribution in [2.75, 3.05) is 26.2 Å². The maximum atomic E-state index is 12.7. The number of rotatable bonds is 5. The van der Waals surface area contributed by atoms with Gasteiger partial charge in [-0.15, -0.1) is 0 Å². The lowest BCUT2D eigenvalue weighted by Crippen LogP contribution is -2.57. The standard InChI is InChI=1S/C23H33BrN4O/c1-5-8-28-13-16(26-23(29)27(6-2)7-3)11-18-19-9-15(24)10-20-22(19)17(12-21(18)28)14(4)25-20/h9-10,16,18,21,25H,5-8,11-13H2,1-4H3,(H,26,29)/t16-,18+,21?/m0/s1. The van der Waals surface area contributed by atoms with Crippen LogP contribution in [0.3, 0.4) is 0 Å². The van der Waals surface area contributed by atoms with Crippen LogP contribution in [-0.2, 0) is 6.42 Å². The summed E-state index contributed by atoms with van der Waals surface area (Å²) in [6.07, 6.45) is 3.24. The van der Waals surface area contributed by atoms with E-state index in [1.807, 2.05) is 18.7 Å². The molecule has 3 atom stereocenters. The van der Waals surface area contributed by atoms with Gasteiger partial charge in [0.2, 0.25) is 0 Å². The smallest absolute Gasteiger partial charge is 0.317 e. The number of carbonyl (C=O) groups is 1. The molecule has 6 heteroatoms. The Morgan fingerprint density at radius 2 is 2.07 bits per heavy atom. The van der Waals surface area contributed by atoms with Crippen molar-refractivity contribution < 1.29 is 4.79 Å². The number of urea groups is 1. The first-order valence-electron chi connectivity index (χ1n) is 11.1. The number of aromatic nitrogens is 1. The van der Waals surface area contributed by atoms with Gasteiger partial charge in [-0.25, -0.2) is 4.79 Å². The zero-order valence-corrected chi connectivity index (χ0v) is 19.6. The van der Waals surface area contributed by atoms with E-state index in [9.17, 15) is 4.79 Å². The number of likely N-dealkylation sites (tertiary alicyclic amines) is 1. The average molecular weight is 461 g/mol. The molecule has 4 rings (SSSR count). The van der Waals surface area contributed by atoms with Crippen LogP contribution < -0.4 is 5.32 Å². The summed E-state index contributed by atoms with van der Waals surface area (Å²) in [5.41, 5.74) is 5.45. The van der Waals surface area contributed by atoms with E-state index in [0.29, 0.717) is 12.0 Å². The molecule has 0 bridgehead atoms. The molecule has 158 valence electrons. The van der Waals surface area contributed by atoms with Crippen LogP contribution in [-0.4, -0.2) is 59.1 Å². The molecule has 2 heterocycles. The molecule has 0 spiro atoms. The molecule has 1 aliphatic heterocycles. The molecule has 1 fully saturated rings. The van der Waals surface area contributed by atoms with Crippen molar-refractivity contribution in [2.45, 2.75) is 65.0 Å². The number of nitrogens with one attached hydrogen (secondary N) is 2. The molecule has 29 heavy (non-hydrogen) atoms. The van der Waals surface area contributed by atoms with Crippen molar-refractivity contribution in [3.8, 4) is 0 Å². The summed E-state index contributed by atoms with van der Waals surface area (Å²) in [7, 11) is 0. The normalized spacial score (nSPS) is 23.8. The molecule has 1 unspecified atom stereocenters. The van der Waals surface area contributed by atoms with Crippen molar-refractivity contribution in [1.82, 2.24) is 20.1 Å². The Labute approximate surface area is 182 Å². The van der Waals surface area contributed by atoms with Crippen molar-refractivity contribution in [1.29, 1.82) is 0 Å². The van der Waals surface area contributed by atoms with Gasteiger partial charge < -0.3 is 15.2 Å². The summed E-state index contributed by atoms with van der Waals surface area (Å²) in [5.74, 6) is 0.444. The van der Waals surface area contributed by atoms with Gasteiger partial charge in [0.1, 0.15) is 0 Å². The van der Waals surface area contributed by atoms with Crippen LogP contribution in [0, 0.1) is 6.92 Å². The van der Waals surface area contributed by atoms with E-state index >= 15 is 0 Å². The predicted molar refractivity (Wildman–Crippen MR) is 123 cm³/mol. The summed E-state index contributed by atoms with van der Waals surface area (Å²) in [5, 5.41) is 4.76. The number of piperidine rings is 1. The van der Waals surface area contributed by atoms with Gasteiger partial charge in [0.15, 0.2) is 0 Å². The molecular weight excluding hydrogens is 428 g/mol. The largest absolute Gasteiger partial charge is 0.358 e.